The van der Waals surface area contributed by atoms with Crippen molar-refractivity contribution in [3.8, 4) is 0 Å². The van der Waals surface area contributed by atoms with Crippen LogP contribution in [0.1, 0.15) is 49.3 Å². The molecule has 0 aliphatic heterocycles. The zero-order chi connectivity index (χ0) is 14.9. The van der Waals surface area contributed by atoms with Gasteiger partial charge in [-0.05, 0) is 40.2 Å². The molecular weight excluding hydrogens is 250 g/mol. The summed E-state index contributed by atoms with van der Waals surface area (Å²) in [5, 5.41) is 15.1. The molecule has 0 aliphatic rings. The van der Waals surface area contributed by atoms with E-state index in [2.05, 4.69) is 30.0 Å². The normalized spacial score (nSPS) is 14.6. The molecule has 0 bridgehead atoms. The molecule has 1 aromatic carbocycles. The highest BCUT2D eigenvalue weighted by Crippen LogP contribution is 2.27. The van der Waals surface area contributed by atoms with Crippen LogP contribution in [0.25, 0.3) is 0 Å². The monoisotopic (exact) mass is 273 g/mol. The van der Waals surface area contributed by atoms with Crippen molar-refractivity contribution in [1.29, 1.82) is 0 Å². The molecule has 0 radical (unpaired) electrons. The van der Waals surface area contributed by atoms with Gasteiger partial charge in [-0.2, -0.15) is 5.10 Å². The fraction of sp³-hybridized carbons (Fsp3) is 0.500. The van der Waals surface area contributed by atoms with Crippen LogP contribution in [0.5, 0.6) is 0 Å². The Morgan fingerprint density at radius 3 is 2.35 bits per heavy atom. The Balaban J connectivity index is 2.32. The van der Waals surface area contributed by atoms with Gasteiger partial charge in [0.15, 0.2) is 0 Å². The van der Waals surface area contributed by atoms with Gasteiger partial charge < -0.3 is 5.11 Å². The smallest absolute Gasteiger partial charge is 0.138 e. The Hall–Kier alpha value is -1.68. The summed E-state index contributed by atoms with van der Waals surface area (Å²) in [6, 6.07) is 6.41. The molecule has 0 fully saturated rings. The van der Waals surface area contributed by atoms with Crippen LogP contribution in [0, 0.1) is 13.8 Å². The Labute approximate surface area is 120 Å². The van der Waals surface area contributed by atoms with Crippen LogP contribution in [0.2, 0.25) is 0 Å². The highest BCUT2D eigenvalue weighted by molar-refractivity contribution is 5.32. The van der Waals surface area contributed by atoms with Crippen LogP contribution in [0.15, 0.2) is 24.5 Å². The van der Waals surface area contributed by atoms with Crippen LogP contribution in [0.4, 0.5) is 0 Å². The average Bonchev–Trinajstić information content (AvgIpc) is 2.75. The van der Waals surface area contributed by atoms with Crippen LogP contribution in [-0.2, 0) is 12.0 Å². The van der Waals surface area contributed by atoms with Gasteiger partial charge >= 0.3 is 0 Å². The van der Waals surface area contributed by atoms with E-state index in [1.807, 2.05) is 37.6 Å². The van der Waals surface area contributed by atoms with Gasteiger partial charge in [0.25, 0.3) is 0 Å². The molecule has 1 N–H and O–H groups in total. The van der Waals surface area contributed by atoms with E-state index >= 15 is 0 Å². The van der Waals surface area contributed by atoms with Crippen molar-refractivity contribution in [3.63, 3.8) is 0 Å². The van der Waals surface area contributed by atoms with Gasteiger partial charge in [0.2, 0.25) is 0 Å². The first-order valence-corrected chi connectivity index (χ1v) is 6.99. The van der Waals surface area contributed by atoms with Crippen molar-refractivity contribution in [2.24, 2.45) is 0 Å². The Morgan fingerprint density at radius 2 is 1.80 bits per heavy atom. The van der Waals surface area contributed by atoms with Gasteiger partial charge in [-0.25, -0.2) is 9.67 Å². The van der Waals surface area contributed by atoms with Crippen molar-refractivity contribution >= 4 is 0 Å². The van der Waals surface area contributed by atoms with Crippen molar-refractivity contribution < 1.29 is 5.11 Å². The van der Waals surface area contributed by atoms with Gasteiger partial charge in [-0.15, -0.1) is 0 Å². The molecule has 1 heterocycles. The summed E-state index contributed by atoms with van der Waals surface area (Å²) in [5.74, 6) is 0.809. The third-order valence-electron chi connectivity index (χ3n) is 3.48. The summed E-state index contributed by atoms with van der Waals surface area (Å²) >= 11 is 0. The number of aliphatic hydroxyl groups is 1. The van der Waals surface area contributed by atoms with E-state index in [1.165, 1.54) is 0 Å². The number of hydrogen-bond acceptors (Lipinski definition) is 3. The fourth-order valence-electron chi connectivity index (χ4n) is 2.53. The molecule has 4 heteroatoms. The fourth-order valence-corrected chi connectivity index (χ4v) is 2.53. The lowest BCUT2D eigenvalue weighted by Gasteiger charge is -2.25. The van der Waals surface area contributed by atoms with Gasteiger partial charge in [0.05, 0.1) is 5.60 Å². The molecule has 1 unspecified atom stereocenters. The highest BCUT2D eigenvalue weighted by Gasteiger charge is 2.27. The predicted molar refractivity (Wildman–Crippen MR) is 79.6 cm³/mol. The number of aryl methyl sites for hydroxylation is 2. The van der Waals surface area contributed by atoms with Gasteiger partial charge in [0.1, 0.15) is 12.2 Å². The molecule has 0 aliphatic carbocycles. The minimum Gasteiger partial charge on any atom is -0.385 e. The molecule has 20 heavy (non-hydrogen) atoms. The lowest BCUT2D eigenvalue weighted by atomic mass is 9.90. The maximum absolute atomic E-state index is 10.8. The Morgan fingerprint density at radius 1 is 1.20 bits per heavy atom. The summed E-state index contributed by atoms with van der Waals surface area (Å²) < 4.78 is 1.86. The van der Waals surface area contributed by atoms with Crippen LogP contribution in [-0.4, -0.2) is 19.9 Å². The standard InChI is InChI=1S/C16H23N3O/c1-11(2)19-15(17-10-18-19)9-16(5,20)14-7-12(3)6-13(4)8-14/h6-8,10-11,20H,9H2,1-5H3. The number of hydrogen-bond donors (Lipinski definition) is 1. The Bertz CT molecular complexity index is 579. The second-order valence-corrected chi connectivity index (χ2v) is 6.04. The minimum atomic E-state index is -0.948. The van der Waals surface area contributed by atoms with E-state index in [9.17, 15) is 5.11 Å². The molecule has 0 amide bonds. The summed E-state index contributed by atoms with van der Waals surface area (Å²) in [6.07, 6.45) is 2.00. The van der Waals surface area contributed by atoms with E-state index in [4.69, 9.17) is 0 Å². The Kier molecular flexibility index (Phi) is 3.95. The third-order valence-corrected chi connectivity index (χ3v) is 3.48. The zero-order valence-corrected chi connectivity index (χ0v) is 12.9. The second kappa shape index (κ2) is 5.37. The summed E-state index contributed by atoms with van der Waals surface area (Å²) in [5.41, 5.74) is 2.29. The topological polar surface area (TPSA) is 50.9 Å². The predicted octanol–water partition coefficient (Wildman–Crippen LogP) is 2.93. The molecule has 1 atom stereocenters. The van der Waals surface area contributed by atoms with Crippen molar-refractivity contribution in [2.45, 2.75) is 52.7 Å². The molecule has 0 spiro atoms. The maximum atomic E-state index is 10.8. The molecule has 0 saturated carbocycles. The van der Waals surface area contributed by atoms with Crippen molar-refractivity contribution in [2.75, 3.05) is 0 Å². The SMILES string of the molecule is Cc1cc(C)cc(C(C)(O)Cc2ncnn2C(C)C)c1. The first-order valence-electron chi connectivity index (χ1n) is 6.99. The first kappa shape index (κ1) is 14.7. The van der Waals surface area contributed by atoms with Gasteiger partial charge in [-0.1, -0.05) is 29.3 Å². The molecule has 4 nitrogen and oxygen atoms in total. The van der Waals surface area contributed by atoms with E-state index < -0.39 is 5.60 Å². The van der Waals surface area contributed by atoms with Crippen LogP contribution < -0.4 is 0 Å². The second-order valence-electron chi connectivity index (χ2n) is 6.04. The number of rotatable bonds is 4. The maximum Gasteiger partial charge on any atom is 0.138 e. The lowest BCUT2D eigenvalue weighted by Crippen LogP contribution is -2.27. The molecular formula is C16H23N3O. The summed E-state index contributed by atoms with van der Waals surface area (Å²) in [7, 11) is 0. The molecule has 2 rings (SSSR count). The number of benzene rings is 1. The largest absolute Gasteiger partial charge is 0.385 e. The quantitative estimate of drug-likeness (QED) is 0.932. The lowest BCUT2D eigenvalue weighted by molar-refractivity contribution is 0.0538. The van der Waals surface area contributed by atoms with Crippen LogP contribution in [0.3, 0.4) is 0 Å². The van der Waals surface area contributed by atoms with Gasteiger partial charge in [0, 0.05) is 12.5 Å². The van der Waals surface area contributed by atoms with E-state index in [0.29, 0.717) is 6.42 Å². The minimum absolute atomic E-state index is 0.238. The van der Waals surface area contributed by atoms with Crippen molar-refractivity contribution in [1.82, 2.24) is 14.8 Å². The van der Waals surface area contributed by atoms with E-state index in [-0.39, 0.29) is 6.04 Å². The zero-order valence-electron chi connectivity index (χ0n) is 12.9. The molecule has 108 valence electrons. The van der Waals surface area contributed by atoms with E-state index in [1.54, 1.807) is 6.33 Å². The van der Waals surface area contributed by atoms with Crippen molar-refractivity contribution in [3.05, 3.63) is 47.0 Å². The van der Waals surface area contributed by atoms with Crippen LogP contribution >= 0.6 is 0 Å². The number of nitrogens with zero attached hydrogens (tertiary/aromatic N) is 3. The number of aromatic nitrogens is 3. The van der Waals surface area contributed by atoms with Gasteiger partial charge in [-0.3, -0.25) is 0 Å². The highest BCUT2D eigenvalue weighted by atomic mass is 16.3. The first-order chi connectivity index (χ1) is 9.29. The summed E-state index contributed by atoms with van der Waals surface area (Å²) in [6.45, 7) is 10.0. The molecule has 1 aromatic heterocycles. The third kappa shape index (κ3) is 3.07. The molecule has 2 aromatic rings. The van der Waals surface area contributed by atoms with E-state index in [0.717, 1.165) is 22.5 Å². The summed E-state index contributed by atoms with van der Waals surface area (Å²) in [4.78, 5) is 4.28. The molecule has 0 saturated heterocycles. The average molecular weight is 273 g/mol.